The summed E-state index contributed by atoms with van der Waals surface area (Å²) in [4.78, 5) is 14.7. The molecule has 7 nitrogen and oxygen atoms in total. The highest BCUT2D eigenvalue weighted by molar-refractivity contribution is 5.92. The molecule has 0 radical (unpaired) electrons. The summed E-state index contributed by atoms with van der Waals surface area (Å²) in [5.74, 6) is 0.509. The van der Waals surface area contributed by atoms with Crippen molar-refractivity contribution in [3.05, 3.63) is 35.4 Å². The number of H-pyrrole nitrogens is 1. The molecule has 1 aliphatic carbocycles. The number of aromatic amines is 1. The van der Waals surface area contributed by atoms with E-state index in [-0.39, 0.29) is 12.0 Å². The predicted octanol–water partition coefficient (Wildman–Crippen LogP) is 2.89. The largest absolute Gasteiger partial charge is 0.370 e. The average Bonchev–Trinajstić information content (AvgIpc) is 3.38. The zero-order valence-electron chi connectivity index (χ0n) is 15.4. The summed E-state index contributed by atoms with van der Waals surface area (Å²) in [5.41, 5.74) is 2.66. The van der Waals surface area contributed by atoms with Crippen LogP contribution >= 0.6 is 0 Å². The molecule has 1 aliphatic heterocycles. The van der Waals surface area contributed by atoms with E-state index in [1.165, 1.54) is 32.1 Å². The molecule has 1 N–H and O–H groups in total. The van der Waals surface area contributed by atoms with Crippen molar-refractivity contribution in [3.8, 4) is 0 Å². The number of ether oxygens (including phenoxy) is 1. The second-order valence-corrected chi connectivity index (χ2v) is 7.28. The van der Waals surface area contributed by atoms with Crippen molar-refractivity contribution in [2.24, 2.45) is 0 Å². The van der Waals surface area contributed by atoms with Gasteiger partial charge in [0.15, 0.2) is 0 Å². The van der Waals surface area contributed by atoms with Crippen molar-refractivity contribution in [3.63, 3.8) is 0 Å². The van der Waals surface area contributed by atoms with Crippen molar-refractivity contribution < 1.29 is 9.53 Å². The Morgan fingerprint density at radius 3 is 2.96 bits per heavy atom. The zero-order chi connectivity index (χ0) is 17.9. The van der Waals surface area contributed by atoms with Crippen LogP contribution in [0, 0.1) is 0 Å². The van der Waals surface area contributed by atoms with Gasteiger partial charge in [0.2, 0.25) is 0 Å². The van der Waals surface area contributed by atoms with Crippen molar-refractivity contribution in [1.29, 1.82) is 0 Å². The van der Waals surface area contributed by atoms with E-state index in [1.54, 1.807) is 0 Å². The topological polar surface area (TPSA) is 76.0 Å². The SMILES string of the molecule is CCn1cc(C2CN(C(=O)c3cc(C4CCCCC4)[nH]n3)CCO2)cn1. The molecule has 2 fully saturated rings. The van der Waals surface area contributed by atoms with Gasteiger partial charge in [-0.15, -0.1) is 0 Å². The standard InChI is InChI=1S/C19H27N5O2/c1-2-24-12-15(11-20-24)18-13-23(8-9-26-18)19(25)17-10-16(21-22-17)14-6-4-3-5-7-14/h10-12,14,18H,2-9,13H2,1H3,(H,21,22). The van der Waals surface area contributed by atoms with Crippen LogP contribution in [0.1, 0.15) is 72.8 Å². The number of nitrogens with one attached hydrogen (secondary N) is 1. The van der Waals surface area contributed by atoms with Crippen LogP contribution in [0.5, 0.6) is 0 Å². The first-order valence-electron chi connectivity index (χ1n) is 9.73. The molecule has 2 aromatic rings. The molecule has 4 rings (SSSR count). The number of hydrogen-bond donors (Lipinski definition) is 1. The second-order valence-electron chi connectivity index (χ2n) is 7.28. The molecular weight excluding hydrogens is 330 g/mol. The van der Waals surface area contributed by atoms with E-state index in [4.69, 9.17) is 4.74 Å². The highest BCUT2D eigenvalue weighted by Gasteiger charge is 2.29. The van der Waals surface area contributed by atoms with Gasteiger partial charge in [0.1, 0.15) is 11.8 Å². The molecule has 1 atom stereocenters. The number of aromatic nitrogens is 4. The van der Waals surface area contributed by atoms with Gasteiger partial charge >= 0.3 is 0 Å². The van der Waals surface area contributed by atoms with Crippen LogP contribution in [-0.2, 0) is 11.3 Å². The number of rotatable bonds is 4. The Balaban J connectivity index is 1.43. The van der Waals surface area contributed by atoms with Gasteiger partial charge in [0.25, 0.3) is 5.91 Å². The maximum atomic E-state index is 12.9. The van der Waals surface area contributed by atoms with Crippen LogP contribution in [0.25, 0.3) is 0 Å². The van der Waals surface area contributed by atoms with Crippen LogP contribution in [0.15, 0.2) is 18.5 Å². The fourth-order valence-corrected chi connectivity index (χ4v) is 3.99. The summed E-state index contributed by atoms with van der Waals surface area (Å²) in [6.45, 7) is 4.55. The van der Waals surface area contributed by atoms with E-state index in [9.17, 15) is 4.79 Å². The second kappa shape index (κ2) is 7.61. The first-order valence-corrected chi connectivity index (χ1v) is 9.73. The van der Waals surface area contributed by atoms with Crippen LogP contribution in [0.2, 0.25) is 0 Å². The Morgan fingerprint density at radius 1 is 1.35 bits per heavy atom. The molecule has 1 unspecified atom stereocenters. The smallest absolute Gasteiger partial charge is 0.274 e. The van der Waals surface area contributed by atoms with E-state index < -0.39 is 0 Å². The summed E-state index contributed by atoms with van der Waals surface area (Å²) in [7, 11) is 0. The van der Waals surface area contributed by atoms with Gasteiger partial charge in [-0.3, -0.25) is 14.6 Å². The van der Waals surface area contributed by atoms with Gasteiger partial charge in [-0.25, -0.2) is 0 Å². The molecule has 0 spiro atoms. The Bertz CT molecular complexity index is 747. The molecule has 1 saturated heterocycles. The van der Waals surface area contributed by atoms with Crippen molar-refractivity contribution in [2.75, 3.05) is 19.7 Å². The minimum Gasteiger partial charge on any atom is -0.370 e. The number of carbonyl (C=O) groups is 1. The molecular formula is C19H27N5O2. The van der Waals surface area contributed by atoms with Gasteiger partial charge in [-0.2, -0.15) is 10.2 Å². The summed E-state index contributed by atoms with van der Waals surface area (Å²) in [5, 5.41) is 11.7. The van der Waals surface area contributed by atoms with Gasteiger partial charge in [-0.05, 0) is 25.8 Å². The monoisotopic (exact) mass is 357 g/mol. The van der Waals surface area contributed by atoms with Crippen molar-refractivity contribution >= 4 is 5.91 Å². The van der Waals surface area contributed by atoms with Gasteiger partial charge in [-0.1, -0.05) is 19.3 Å². The number of carbonyl (C=O) groups excluding carboxylic acids is 1. The summed E-state index contributed by atoms with van der Waals surface area (Å²) < 4.78 is 7.74. The van der Waals surface area contributed by atoms with Crippen molar-refractivity contribution in [1.82, 2.24) is 24.9 Å². The zero-order valence-corrected chi connectivity index (χ0v) is 15.4. The van der Waals surface area contributed by atoms with Gasteiger partial charge < -0.3 is 9.64 Å². The number of amides is 1. The minimum atomic E-state index is -0.121. The molecule has 0 aromatic carbocycles. The highest BCUT2D eigenvalue weighted by Crippen LogP contribution is 2.32. The van der Waals surface area contributed by atoms with Gasteiger partial charge in [0.05, 0.1) is 19.3 Å². The van der Waals surface area contributed by atoms with Crippen LogP contribution in [0.3, 0.4) is 0 Å². The van der Waals surface area contributed by atoms with Crippen LogP contribution < -0.4 is 0 Å². The van der Waals surface area contributed by atoms with Crippen LogP contribution in [0.4, 0.5) is 0 Å². The van der Waals surface area contributed by atoms with E-state index in [2.05, 4.69) is 22.2 Å². The molecule has 3 heterocycles. The molecule has 1 amide bonds. The fraction of sp³-hybridized carbons (Fsp3) is 0.632. The lowest BCUT2D eigenvalue weighted by atomic mass is 9.87. The summed E-state index contributed by atoms with van der Waals surface area (Å²) >= 11 is 0. The number of hydrogen-bond acceptors (Lipinski definition) is 4. The van der Waals surface area contributed by atoms with Crippen molar-refractivity contribution in [2.45, 2.75) is 57.6 Å². The third kappa shape index (κ3) is 3.53. The lowest BCUT2D eigenvalue weighted by Gasteiger charge is -2.32. The minimum absolute atomic E-state index is 0.0144. The first-order chi connectivity index (χ1) is 12.7. The molecule has 2 aromatic heterocycles. The summed E-state index contributed by atoms with van der Waals surface area (Å²) in [6.07, 6.45) is 9.94. The van der Waals surface area contributed by atoms with E-state index in [0.29, 0.717) is 31.3 Å². The van der Waals surface area contributed by atoms with E-state index in [0.717, 1.165) is 17.8 Å². The van der Waals surface area contributed by atoms with Gasteiger partial charge in [0, 0.05) is 36.5 Å². The number of morpholine rings is 1. The van der Waals surface area contributed by atoms with Crippen LogP contribution in [-0.4, -0.2) is 50.5 Å². The maximum Gasteiger partial charge on any atom is 0.274 e. The third-order valence-electron chi connectivity index (χ3n) is 5.56. The quantitative estimate of drug-likeness (QED) is 0.913. The Labute approximate surface area is 153 Å². The Hall–Kier alpha value is -2.15. The number of aryl methyl sites for hydroxylation is 1. The Kier molecular flexibility index (Phi) is 5.06. The molecule has 2 aliphatic rings. The fourth-order valence-electron chi connectivity index (χ4n) is 3.99. The molecule has 7 heteroatoms. The lowest BCUT2D eigenvalue weighted by Crippen LogP contribution is -2.42. The average molecular weight is 357 g/mol. The molecule has 140 valence electrons. The number of nitrogens with zero attached hydrogens (tertiary/aromatic N) is 4. The molecule has 1 saturated carbocycles. The lowest BCUT2D eigenvalue weighted by molar-refractivity contribution is -0.0230. The third-order valence-corrected chi connectivity index (χ3v) is 5.56. The Morgan fingerprint density at radius 2 is 2.19 bits per heavy atom. The summed E-state index contributed by atoms with van der Waals surface area (Å²) in [6, 6.07) is 1.96. The highest BCUT2D eigenvalue weighted by atomic mass is 16.5. The normalized spacial score (nSPS) is 21.9. The van der Waals surface area contributed by atoms with E-state index >= 15 is 0 Å². The predicted molar refractivity (Wildman–Crippen MR) is 96.9 cm³/mol. The first kappa shape index (κ1) is 17.3. The molecule has 26 heavy (non-hydrogen) atoms. The molecule has 0 bridgehead atoms. The maximum absolute atomic E-state index is 12.9. The van der Waals surface area contributed by atoms with E-state index in [1.807, 2.05) is 28.0 Å².